The number of halogens is 1. The van der Waals surface area contributed by atoms with Gasteiger partial charge in [-0.3, -0.25) is 4.79 Å². The Morgan fingerprint density at radius 1 is 1.44 bits per heavy atom. The van der Waals surface area contributed by atoms with Crippen molar-refractivity contribution < 1.29 is 4.79 Å². The molecule has 1 aliphatic rings. The number of hydrogen-bond acceptors (Lipinski definition) is 2. The first-order chi connectivity index (χ1) is 8.31. The van der Waals surface area contributed by atoms with Gasteiger partial charge in [0.25, 0.3) is 5.91 Å². The molecule has 0 spiro atoms. The largest absolute Gasteiger partial charge is 0.350 e. The highest BCUT2D eigenvalue weighted by molar-refractivity contribution is 5.95. The summed E-state index contributed by atoms with van der Waals surface area (Å²) in [4.78, 5) is 12.0. The quantitative estimate of drug-likeness (QED) is 0.879. The van der Waals surface area contributed by atoms with Crippen LogP contribution in [0.1, 0.15) is 35.7 Å². The van der Waals surface area contributed by atoms with Crippen molar-refractivity contribution in [3.8, 4) is 0 Å². The van der Waals surface area contributed by atoms with Gasteiger partial charge >= 0.3 is 0 Å². The second-order valence-electron chi connectivity index (χ2n) is 4.51. The highest BCUT2D eigenvalue weighted by atomic mass is 35.5. The molecule has 100 valence electrons. The lowest BCUT2D eigenvalue weighted by atomic mass is 10.0. The smallest absolute Gasteiger partial charge is 0.251 e. The van der Waals surface area contributed by atoms with Crippen molar-refractivity contribution in [2.45, 2.75) is 32.2 Å². The topological polar surface area (TPSA) is 41.1 Å². The summed E-state index contributed by atoms with van der Waals surface area (Å²) in [6, 6.07) is 8.27. The molecule has 0 bridgehead atoms. The molecule has 1 amide bonds. The molecule has 1 aromatic rings. The van der Waals surface area contributed by atoms with E-state index in [1.807, 2.05) is 24.3 Å². The van der Waals surface area contributed by atoms with Gasteiger partial charge in [0.15, 0.2) is 0 Å². The predicted octanol–water partition coefficient (Wildman–Crippen LogP) is 2.15. The lowest BCUT2D eigenvalue weighted by Crippen LogP contribution is -2.37. The van der Waals surface area contributed by atoms with Gasteiger partial charge in [0, 0.05) is 18.2 Å². The zero-order valence-corrected chi connectivity index (χ0v) is 11.6. The fourth-order valence-corrected chi connectivity index (χ4v) is 2.29. The Balaban J connectivity index is 0.00000162. The molecule has 1 aromatic carbocycles. The molecule has 1 atom stereocenters. The van der Waals surface area contributed by atoms with Crippen molar-refractivity contribution in [3.05, 3.63) is 35.4 Å². The minimum Gasteiger partial charge on any atom is -0.350 e. The Labute approximate surface area is 115 Å². The Kier molecular flexibility index (Phi) is 6.16. The lowest BCUT2D eigenvalue weighted by Gasteiger charge is -2.13. The molecule has 0 radical (unpaired) electrons. The second kappa shape index (κ2) is 7.39. The highest BCUT2D eigenvalue weighted by Crippen LogP contribution is 2.09. The van der Waals surface area contributed by atoms with E-state index in [0.717, 1.165) is 37.1 Å². The molecule has 0 saturated carbocycles. The summed E-state index contributed by atoms with van der Waals surface area (Å²) in [7, 11) is 0. The van der Waals surface area contributed by atoms with E-state index in [-0.39, 0.29) is 18.3 Å². The van der Waals surface area contributed by atoms with Crippen molar-refractivity contribution in [1.82, 2.24) is 10.6 Å². The molecule has 0 aromatic heterocycles. The van der Waals surface area contributed by atoms with E-state index in [1.165, 1.54) is 6.42 Å². The number of nitrogens with one attached hydrogen (secondary N) is 2. The SMILES string of the molecule is CCc1ccccc1C(=O)NCC1CCCN1.Cl. The summed E-state index contributed by atoms with van der Waals surface area (Å²) >= 11 is 0. The number of carbonyl (C=O) groups is 1. The van der Waals surface area contributed by atoms with Crippen LogP contribution in [0, 0.1) is 0 Å². The maximum absolute atomic E-state index is 12.0. The third kappa shape index (κ3) is 3.72. The van der Waals surface area contributed by atoms with Crippen LogP contribution in [-0.2, 0) is 6.42 Å². The summed E-state index contributed by atoms with van der Waals surface area (Å²) in [6.07, 6.45) is 3.27. The van der Waals surface area contributed by atoms with E-state index < -0.39 is 0 Å². The van der Waals surface area contributed by atoms with Crippen LogP contribution in [0.25, 0.3) is 0 Å². The lowest BCUT2D eigenvalue weighted by molar-refractivity contribution is 0.0949. The molecule has 1 unspecified atom stereocenters. The first-order valence-corrected chi connectivity index (χ1v) is 6.40. The molecule has 0 aliphatic carbocycles. The van der Waals surface area contributed by atoms with Crippen LogP contribution >= 0.6 is 12.4 Å². The average Bonchev–Trinajstić information content (AvgIpc) is 2.89. The first-order valence-electron chi connectivity index (χ1n) is 6.40. The number of carbonyl (C=O) groups excluding carboxylic acids is 1. The Bertz CT molecular complexity index is 389. The van der Waals surface area contributed by atoms with E-state index in [9.17, 15) is 4.79 Å². The van der Waals surface area contributed by atoms with Crippen molar-refractivity contribution in [2.75, 3.05) is 13.1 Å². The highest BCUT2D eigenvalue weighted by Gasteiger charge is 2.16. The fourth-order valence-electron chi connectivity index (χ4n) is 2.29. The molecule has 1 heterocycles. The zero-order valence-electron chi connectivity index (χ0n) is 10.7. The van der Waals surface area contributed by atoms with Gasteiger partial charge in [-0.25, -0.2) is 0 Å². The van der Waals surface area contributed by atoms with Gasteiger partial charge in [0.2, 0.25) is 0 Å². The van der Waals surface area contributed by atoms with E-state index >= 15 is 0 Å². The maximum atomic E-state index is 12.0. The summed E-state index contributed by atoms with van der Waals surface area (Å²) in [5.74, 6) is 0.0520. The van der Waals surface area contributed by atoms with Crippen LogP contribution in [0.4, 0.5) is 0 Å². The molecule has 1 fully saturated rings. The van der Waals surface area contributed by atoms with Gasteiger partial charge in [0.1, 0.15) is 0 Å². The minimum atomic E-state index is 0. The van der Waals surface area contributed by atoms with E-state index in [0.29, 0.717) is 6.04 Å². The summed E-state index contributed by atoms with van der Waals surface area (Å²) in [5.41, 5.74) is 1.93. The second-order valence-corrected chi connectivity index (χ2v) is 4.51. The third-order valence-electron chi connectivity index (χ3n) is 3.31. The van der Waals surface area contributed by atoms with Gasteiger partial charge < -0.3 is 10.6 Å². The van der Waals surface area contributed by atoms with E-state index in [4.69, 9.17) is 0 Å². The van der Waals surface area contributed by atoms with Gasteiger partial charge in [-0.2, -0.15) is 0 Å². The van der Waals surface area contributed by atoms with Crippen LogP contribution in [0.5, 0.6) is 0 Å². The van der Waals surface area contributed by atoms with Gasteiger partial charge in [0.05, 0.1) is 0 Å². The van der Waals surface area contributed by atoms with Gasteiger partial charge in [-0.05, 0) is 37.4 Å². The number of aryl methyl sites for hydroxylation is 1. The molecule has 1 saturated heterocycles. The predicted molar refractivity (Wildman–Crippen MR) is 76.4 cm³/mol. The van der Waals surface area contributed by atoms with Gasteiger partial charge in [-0.1, -0.05) is 25.1 Å². The molecule has 1 aliphatic heterocycles. The number of rotatable bonds is 4. The summed E-state index contributed by atoms with van der Waals surface area (Å²) < 4.78 is 0. The summed E-state index contributed by atoms with van der Waals surface area (Å²) in [6.45, 7) is 3.88. The molecule has 18 heavy (non-hydrogen) atoms. The monoisotopic (exact) mass is 268 g/mol. The number of hydrogen-bond donors (Lipinski definition) is 2. The minimum absolute atomic E-state index is 0. The standard InChI is InChI=1S/C14H20N2O.ClH/c1-2-11-6-3-4-8-13(11)14(17)16-10-12-7-5-9-15-12;/h3-4,6,8,12,15H,2,5,7,9-10H2,1H3,(H,16,17);1H. The fraction of sp³-hybridized carbons (Fsp3) is 0.500. The van der Waals surface area contributed by atoms with Crippen LogP contribution < -0.4 is 10.6 Å². The molecule has 2 N–H and O–H groups in total. The Morgan fingerprint density at radius 3 is 2.89 bits per heavy atom. The van der Waals surface area contributed by atoms with Gasteiger partial charge in [-0.15, -0.1) is 12.4 Å². The van der Waals surface area contributed by atoms with Crippen molar-refractivity contribution in [3.63, 3.8) is 0 Å². The van der Waals surface area contributed by atoms with Crippen LogP contribution in [0.15, 0.2) is 24.3 Å². The molecular formula is C14H21ClN2O. The Hall–Kier alpha value is -1.06. The first kappa shape index (κ1) is 15.0. The summed E-state index contributed by atoms with van der Waals surface area (Å²) in [5, 5.41) is 6.39. The molecule has 2 rings (SSSR count). The number of amides is 1. The maximum Gasteiger partial charge on any atom is 0.251 e. The van der Waals surface area contributed by atoms with Crippen molar-refractivity contribution in [1.29, 1.82) is 0 Å². The van der Waals surface area contributed by atoms with Crippen molar-refractivity contribution in [2.24, 2.45) is 0 Å². The van der Waals surface area contributed by atoms with Crippen LogP contribution in [0.3, 0.4) is 0 Å². The normalized spacial score (nSPS) is 18.2. The molecular weight excluding hydrogens is 248 g/mol. The Morgan fingerprint density at radius 2 is 2.22 bits per heavy atom. The van der Waals surface area contributed by atoms with E-state index in [2.05, 4.69) is 17.6 Å². The molecule has 3 nitrogen and oxygen atoms in total. The van der Waals surface area contributed by atoms with Crippen LogP contribution in [0.2, 0.25) is 0 Å². The van der Waals surface area contributed by atoms with Crippen LogP contribution in [-0.4, -0.2) is 25.0 Å². The van der Waals surface area contributed by atoms with Crippen molar-refractivity contribution >= 4 is 18.3 Å². The third-order valence-corrected chi connectivity index (χ3v) is 3.31. The zero-order chi connectivity index (χ0) is 12.1. The molecule has 4 heteroatoms. The average molecular weight is 269 g/mol. The van der Waals surface area contributed by atoms with E-state index in [1.54, 1.807) is 0 Å². The number of benzene rings is 1.